The van der Waals surface area contributed by atoms with E-state index in [2.05, 4.69) is 40.2 Å². The Hall–Kier alpha value is -2.88. The third kappa shape index (κ3) is 3.80. The van der Waals surface area contributed by atoms with Crippen LogP contribution in [0, 0.1) is 0 Å². The second-order valence-corrected chi connectivity index (χ2v) is 6.90. The van der Waals surface area contributed by atoms with E-state index in [-0.39, 0.29) is 6.17 Å². The fourth-order valence-electron chi connectivity index (χ4n) is 3.35. The van der Waals surface area contributed by atoms with Gasteiger partial charge in [-0.15, -0.1) is 0 Å². The van der Waals surface area contributed by atoms with E-state index in [0.29, 0.717) is 11.6 Å². The minimum atomic E-state index is -0.343. The van der Waals surface area contributed by atoms with Crippen LogP contribution in [0.3, 0.4) is 0 Å². The van der Waals surface area contributed by atoms with Crippen molar-refractivity contribution in [2.75, 3.05) is 4.90 Å². The summed E-state index contributed by atoms with van der Waals surface area (Å²) in [5, 5.41) is 3.04. The van der Waals surface area contributed by atoms with Gasteiger partial charge in [0.1, 0.15) is 12.0 Å². The first-order valence-corrected chi connectivity index (χ1v) is 9.25. The first-order chi connectivity index (χ1) is 13.2. The molecular formula is C23H20ClN3. The fraction of sp³-hybridized carbons (Fsp3) is 0.0870. The van der Waals surface area contributed by atoms with Crippen molar-refractivity contribution >= 4 is 28.2 Å². The van der Waals surface area contributed by atoms with E-state index in [9.17, 15) is 0 Å². The van der Waals surface area contributed by atoms with Crippen LogP contribution in [0.2, 0.25) is 5.02 Å². The SMILES string of the molecule is NC(c1cccc2ccccc12)N(Cc1cccc(Cl)c1)c1ccccn1. The number of aromatic nitrogens is 1. The molecule has 0 radical (unpaired) electrons. The van der Waals surface area contributed by atoms with Gasteiger partial charge in [0.15, 0.2) is 0 Å². The Balaban J connectivity index is 1.77. The summed E-state index contributed by atoms with van der Waals surface area (Å²) in [4.78, 5) is 6.64. The molecule has 0 saturated carbocycles. The molecule has 1 atom stereocenters. The number of nitrogens with two attached hydrogens (primary N) is 1. The number of fused-ring (bicyclic) bond motifs is 1. The molecule has 1 unspecified atom stereocenters. The van der Waals surface area contributed by atoms with Crippen molar-refractivity contribution in [3.8, 4) is 0 Å². The minimum Gasteiger partial charge on any atom is -0.333 e. The average Bonchev–Trinajstić information content (AvgIpc) is 2.72. The monoisotopic (exact) mass is 373 g/mol. The third-order valence-electron chi connectivity index (χ3n) is 4.66. The summed E-state index contributed by atoms with van der Waals surface area (Å²) in [6.07, 6.45) is 1.45. The first kappa shape index (κ1) is 17.5. The van der Waals surface area contributed by atoms with Crippen molar-refractivity contribution in [3.63, 3.8) is 0 Å². The Morgan fingerprint density at radius 2 is 1.67 bits per heavy atom. The standard InChI is InChI=1S/C23H20ClN3/c24-19-10-5-7-17(15-19)16-27(22-13-3-4-14-26-22)23(25)21-12-6-9-18-8-1-2-11-20(18)21/h1-15,23H,16,25H2. The predicted molar refractivity (Wildman–Crippen MR) is 113 cm³/mol. The van der Waals surface area contributed by atoms with Gasteiger partial charge in [-0.25, -0.2) is 4.98 Å². The molecule has 0 aliphatic carbocycles. The topological polar surface area (TPSA) is 42.1 Å². The molecule has 2 N–H and O–H groups in total. The zero-order valence-electron chi connectivity index (χ0n) is 14.8. The van der Waals surface area contributed by atoms with Gasteiger partial charge in [-0.3, -0.25) is 0 Å². The van der Waals surface area contributed by atoms with Crippen molar-refractivity contribution in [1.82, 2.24) is 4.98 Å². The lowest BCUT2D eigenvalue weighted by atomic mass is 10.0. The van der Waals surface area contributed by atoms with Crippen LogP contribution < -0.4 is 10.6 Å². The number of anilines is 1. The number of hydrogen-bond acceptors (Lipinski definition) is 3. The lowest BCUT2D eigenvalue weighted by Crippen LogP contribution is -2.35. The van der Waals surface area contributed by atoms with Crippen LogP contribution in [0.4, 0.5) is 5.82 Å². The Bertz CT molecular complexity index is 1040. The Morgan fingerprint density at radius 1 is 0.889 bits per heavy atom. The largest absolute Gasteiger partial charge is 0.333 e. The highest BCUT2D eigenvalue weighted by Crippen LogP contribution is 2.29. The van der Waals surface area contributed by atoms with Gasteiger partial charge >= 0.3 is 0 Å². The maximum absolute atomic E-state index is 6.78. The van der Waals surface area contributed by atoms with Crippen LogP contribution in [0.5, 0.6) is 0 Å². The second kappa shape index (κ2) is 7.78. The van der Waals surface area contributed by atoms with E-state index in [1.165, 1.54) is 5.39 Å². The van der Waals surface area contributed by atoms with Gasteiger partial charge < -0.3 is 10.6 Å². The zero-order valence-corrected chi connectivity index (χ0v) is 15.6. The van der Waals surface area contributed by atoms with Gasteiger partial charge in [0.2, 0.25) is 0 Å². The smallest absolute Gasteiger partial charge is 0.130 e. The zero-order chi connectivity index (χ0) is 18.6. The maximum atomic E-state index is 6.78. The van der Waals surface area contributed by atoms with Crippen LogP contribution in [0.15, 0.2) is 91.1 Å². The van der Waals surface area contributed by atoms with Crippen LogP contribution in [0.25, 0.3) is 10.8 Å². The Morgan fingerprint density at radius 3 is 2.48 bits per heavy atom. The Labute approximate surface area is 164 Å². The molecule has 3 aromatic carbocycles. The van der Waals surface area contributed by atoms with Gasteiger partial charge in [-0.1, -0.05) is 72.3 Å². The Kier molecular flexibility index (Phi) is 5.05. The van der Waals surface area contributed by atoms with E-state index in [0.717, 1.165) is 22.3 Å². The van der Waals surface area contributed by atoms with Crippen LogP contribution in [-0.4, -0.2) is 4.98 Å². The minimum absolute atomic E-state index is 0.343. The number of benzene rings is 3. The molecule has 1 aromatic heterocycles. The highest BCUT2D eigenvalue weighted by atomic mass is 35.5. The molecule has 0 amide bonds. The van der Waals surface area contributed by atoms with Crippen LogP contribution in [0.1, 0.15) is 17.3 Å². The first-order valence-electron chi connectivity index (χ1n) is 8.88. The van der Waals surface area contributed by atoms with Crippen molar-refractivity contribution in [1.29, 1.82) is 0 Å². The quantitative estimate of drug-likeness (QED) is 0.466. The molecule has 134 valence electrons. The van der Waals surface area contributed by atoms with E-state index >= 15 is 0 Å². The summed E-state index contributed by atoms with van der Waals surface area (Å²) in [5.74, 6) is 0.831. The molecule has 4 heteroatoms. The van der Waals surface area contributed by atoms with Gasteiger partial charge in [0, 0.05) is 17.8 Å². The van der Waals surface area contributed by atoms with Crippen molar-refractivity contribution < 1.29 is 0 Å². The van der Waals surface area contributed by atoms with Gasteiger partial charge in [-0.05, 0) is 46.2 Å². The molecule has 0 aliphatic heterocycles. The molecular weight excluding hydrogens is 354 g/mol. The molecule has 0 aliphatic rings. The maximum Gasteiger partial charge on any atom is 0.130 e. The summed E-state index contributed by atoms with van der Waals surface area (Å²) >= 11 is 6.18. The lowest BCUT2D eigenvalue weighted by molar-refractivity contribution is 0.638. The number of nitrogens with zero attached hydrogens (tertiary/aromatic N) is 2. The lowest BCUT2D eigenvalue weighted by Gasteiger charge is -2.31. The third-order valence-corrected chi connectivity index (χ3v) is 4.90. The molecule has 1 heterocycles. The highest BCUT2D eigenvalue weighted by molar-refractivity contribution is 6.30. The molecule has 0 fully saturated rings. The number of hydrogen-bond donors (Lipinski definition) is 1. The van der Waals surface area contributed by atoms with Crippen molar-refractivity contribution in [3.05, 3.63) is 107 Å². The normalized spacial score (nSPS) is 12.1. The van der Waals surface area contributed by atoms with E-state index < -0.39 is 0 Å². The number of halogens is 1. The van der Waals surface area contributed by atoms with Crippen LogP contribution in [-0.2, 0) is 6.54 Å². The molecule has 4 aromatic rings. The van der Waals surface area contributed by atoms with Crippen molar-refractivity contribution in [2.24, 2.45) is 5.73 Å². The summed E-state index contributed by atoms with van der Waals surface area (Å²) < 4.78 is 0. The van der Waals surface area contributed by atoms with E-state index in [4.69, 9.17) is 17.3 Å². The highest BCUT2D eigenvalue weighted by Gasteiger charge is 2.20. The molecule has 0 saturated heterocycles. The van der Waals surface area contributed by atoms with E-state index in [1.54, 1.807) is 6.20 Å². The molecule has 0 spiro atoms. The number of rotatable bonds is 5. The van der Waals surface area contributed by atoms with E-state index in [1.807, 2.05) is 54.6 Å². The molecule has 4 rings (SSSR count). The van der Waals surface area contributed by atoms with Crippen LogP contribution >= 0.6 is 11.6 Å². The predicted octanol–water partition coefficient (Wildman–Crippen LogP) is 5.55. The molecule has 0 bridgehead atoms. The average molecular weight is 374 g/mol. The molecule has 27 heavy (non-hydrogen) atoms. The fourth-order valence-corrected chi connectivity index (χ4v) is 3.57. The summed E-state index contributed by atoms with van der Waals surface area (Å²) in [7, 11) is 0. The van der Waals surface area contributed by atoms with Gasteiger partial charge in [0.05, 0.1) is 0 Å². The van der Waals surface area contributed by atoms with Gasteiger partial charge in [-0.2, -0.15) is 0 Å². The second-order valence-electron chi connectivity index (χ2n) is 6.46. The summed E-state index contributed by atoms with van der Waals surface area (Å²) in [5.41, 5.74) is 8.93. The summed E-state index contributed by atoms with van der Waals surface area (Å²) in [6.45, 7) is 0.613. The molecule has 3 nitrogen and oxygen atoms in total. The van der Waals surface area contributed by atoms with Crippen molar-refractivity contribution in [2.45, 2.75) is 12.7 Å². The summed E-state index contributed by atoms with van der Waals surface area (Å²) in [6, 6.07) is 28.3. The van der Waals surface area contributed by atoms with Gasteiger partial charge in [0.25, 0.3) is 0 Å². The number of pyridine rings is 1.